The van der Waals surface area contributed by atoms with E-state index in [1.54, 1.807) is 9.20 Å². The summed E-state index contributed by atoms with van der Waals surface area (Å²) in [4.78, 5) is 20.8. The van der Waals surface area contributed by atoms with Gasteiger partial charge in [0.2, 0.25) is 11.9 Å². The highest BCUT2D eigenvalue weighted by molar-refractivity contribution is 5.89. The highest BCUT2D eigenvalue weighted by Crippen LogP contribution is 2.34. The van der Waals surface area contributed by atoms with Gasteiger partial charge in [-0.3, -0.25) is 9.18 Å². The van der Waals surface area contributed by atoms with Gasteiger partial charge in [-0.2, -0.15) is 4.98 Å². The summed E-state index contributed by atoms with van der Waals surface area (Å²) in [7, 11) is 1.81. The van der Waals surface area contributed by atoms with Gasteiger partial charge in [0.1, 0.15) is 11.0 Å². The number of rotatable bonds is 8. The highest BCUT2D eigenvalue weighted by Gasteiger charge is 2.41. The van der Waals surface area contributed by atoms with E-state index in [-0.39, 0.29) is 17.5 Å². The summed E-state index contributed by atoms with van der Waals surface area (Å²) in [6.07, 6.45) is 3.82. The minimum absolute atomic E-state index is 0.0241. The lowest BCUT2D eigenvalue weighted by atomic mass is 9.74. The predicted octanol–water partition coefficient (Wildman–Crippen LogP) is 2.41. The third kappa shape index (κ3) is 3.99. The molecule has 1 amide bonds. The fourth-order valence-corrected chi connectivity index (χ4v) is 4.67. The molecule has 4 aromatic heterocycles. The van der Waals surface area contributed by atoms with Crippen molar-refractivity contribution in [1.82, 2.24) is 39.9 Å². The number of fused-ring (bicyclic) bond motifs is 2. The number of halogens is 1. The van der Waals surface area contributed by atoms with Crippen LogP contribution < -0.4 is 16.0 Å². The van der Waals surface area contributed by atoms with E-state index in [1.165, 1.54) is 6.92 Å². The van der Waals surface area contributed by atoms with E-state index < -0.39 is 6.67 Å². The molecule has 0 atom stereocenters. The SMILES string of the molecule is CNc1nc(NC2CC(C)(NC(C)=O)C2)nn2ccc(-c3ccc4nnn(CCCF)c4n3)c12. The first-order valence-electron chi connectivity index (χ1n) is 11.3. The molecule has 0 radical (unpaired) electrons. The van der Waals surface area contributed by atoms with Crippen molar-refractivity contribution in [1.29, 1.82) is 0 Å². The Hall–Kier alpha value is -3.83. The van der Waals surface area contributed by atoms with Crippen LogP contribution in [0.4, 0.5) is 16.2 Å². The summed E-state index contributed by atoms with van der Waals surface area (Å²) in [6, 6.07) is 5.86. The van der Waals surface area contributed by atoms with E-state index >= 15 is 0 Å². The van der Waals surface area contributed by atoms with Gasteiger partial charge in [-0.1, -0.05) is 5.21 Å². The first kappa shape index (κ1) is 22.0. The number of nitrogens with zero attached hydrogens (tertiary/aromatic N) is 7. The lowest BCUT2D eigenvalue weighted by molar-refractivity contribution is -0.121. The molecule has 0 spiro atoms. The Balaban J connectivity index is 1.44. The average molecular weight is 467 g/mol. The van der Waals surface area contributed by atoms with E-state index in [4.69, 9.17) is 4.98 Å². The molecule has 1 aliphatic carbocycles. The summed E-state index contributed by atoms with van der Waals surface area (Å²) in [6.45, 7) is 3.57. The van der Waals surface area contributed by atoms with Crippen LogP contribution in [0.15, 0.2) is 24.4 Å². The zero-order valence-electron chi connectivity index (χ0n) is 19.3. The average Bonchev–Trinajstić information content (AvgIpc) is 3.39. The van der Waals surface area contributed by atoms with E-state index in [0.717, 1.165) is 29.6 Å². The molecule has 1 fully saturated rings. The van der Waals surface area contributed by atoms with Gasteiger partial charge < -0.3 is 16.0 Å². The van der Waals surface area contributed by atoms with Crippen molar-refractivity contribution in [3.63, 3.8) is 0 Å². The van der Waals surface area contributed by atoms with Crippen LogP contribution in [0.1, 0.15) is 33.1 Å². The molecule has 1 aliphatic rings. The van der Waals surface area contributed by atoms with Gasteiger partial charge in [0.25, 0.3) is 0 Å². The Morgan fingerprint density at radius 2 is 2.09 bits per heavy atom. The second-order valence-electron chi connectivity index (χ2n) is 8.94. The number of nitrogens with one attached hydrogen (secondary N) is 3. The lowest BCUT2D eigenvalue weighted by Gasteiger charge is -2.45. The van der Waals surface area contributed by atoms with Crippen molar-refractivity contribution >= 4 is 34.4 Å². The molecule has 4 heterocycles. The minimum Gasteiger partial charge on any atom is -0.371 e. The Morgan fingerprint density at radius 1 is 1.26 bits per heavy atom. The summed E-state index contributed by atoms with van der Waals surface area (Å²) in [5, 5.41) is 22.4. The first-order valence-corrected chi connectivity index (χ1v) is 11.3. The molecular formula is C22H27FN10O. The fourth-order valence-electron chi connectivity index (χ4n) is 4.67. The van der Waals surface area contributed by atoms with Crippen LogP contribution in [-0.4, -0.2) is 65.8 Å². The Morgan fingerprint density at radius 3 is 2.82 bits per heavy atom. The van der Waals surface area contributed by atoms with Crippen LogP contribution in [0, 0.1) is 0 Å². The summed E-state index contributed by atoms with van der Waals surface area (Å²) in [5.41, 5.74) is 3.45. The van der Waals surface area contributed by atoms with Gasteiger partial charge in [-0.15, -0.1) is 10.2 Å². The standard InChI is InChI=1S/C22H27FN10O/c1-13(34)28-22(2)11-14(12-22)25-21-27-19(24-3)18-15(7-10-32(18)30-21)16-5-6-17-20(26-16)33(31-29-17)9-4-8-23/h5-7,10,14H,4,8-9,11-12H2,1-3H3,(H,28,34)(H2,24,25,27,30). The van der Waals surface area contributed by atoms with Gasteiger partial charge in [0.05, 0.1) is 12.4 Å². The Labute approximate surface area is 195 Å². The van der Waals surface area contributed by atoms with Crippen molar-refractivity contribution in [2.75, 3.05) is 24.4 Å². The number of amides is 1. The maximum atomic E-state index is 12.6. The van der Waals surface area contributed by atoms with Gasteiger partial charge >= 0.3 is 0 Å². The van der Waals surface area contributed by atoms with Gasteiger partial charge in [0, 0.05) is 43.9 Å². The largest absolute Gasteiger partial charge is 0.371 e. The molecule has 5 rings (SSSR count). The fraction of sp³-hybridized carbons (Fsp3) is 0.455. The minimum atomic E-state index is -0.419. The van der Waals surface area contributed by atoms with Crippen LogP contribution in [-0.2, 0) is 11.3 Å². The smallest absolute Gasteiger partial charge is 0.243 e. The van der Waals surface area contributed by atoms with Crippen LogP contribution in [0.25, 0.3) is 27.9 Å². The second-order valence-corrected chi connectivity index (χ2v) is 8.94. The zero-order valence-corrected chi connectivity index (χ0v) is 19.3. The normalized spacial score (nSPS) is 19.8. The van der Waals surface area contributed by atoms with E-state index in [2.05, 4.69) is 36.3 Å². The van der Waals surface area contributed by atoms with Crippen molar-refractivity contribution in [3.05, 3.63) is 24.4 Å². The second kappa shape index (κ2) is 8.50. The summed E-state index contributed by atoms with van der Waals surface area (Å²) < 4.78 is 16.0. The monoisotopic (exact) mass is 466 g/mol. The number of pyridine rings is 1. The molecule has 1 saturated carbocycles. The number of carbonyl (C=O) groups is 1. The van der Waals surface area contributed by atoms with Crippen LogP contribution in [0.2, 0.25) is 0 Å². The molecule has 12 heteroatoms. The highest BCUT2D eigenvalue weighted by atomic mass is 19.1. The zero-order chi connectivity index (χ0) is 23.9. The third-order valence-electron chi connectivity index (χ3n) is 6.09. The molecule has 178 valence electrons. The molecule has 3 N–H and O–H groups in total. The quantitative estimate of drug-likeness (QED) is 0.361. The topological polar surface area (TPSA) is 127 Å². The number of aryl methyl sites for hydroxylation is 1. The number of hydrogen-bond donors (Lipinski definition) is 3. The van der Waals surface area contributed by atoms with Crippen molar-refractivity contribution in [2.45, 2.75) is 51.2 Å². The van der Waals surface area contributed by atoms with Crippen molar-refractivity contribution in [3.8, 4) is 11.3 Å². The first-order chi connectivity index (χ1) is 16.4. The lowest BCUT2D eigenvalue weighted by Crippen LogP contribution is -2.59. The van der Waals surface area contributed by atoms with Crippen molar-refractivity contribution < 1.29 is 9.18 Å². The number of hydrogen-bond acceptors (Lipinski definition) is 8. The Kier molecular flexibility index (Phi) is 5.50. The molecule has 34 heavy (non-hydrogen) atoms. The number of alkyl halides is 1. The molecular weight excluding hydrogens is 439 g/mol. The maximum Gasteiger partial charge on any atom is 0.243 e. The molecule has 4 aromatic rings. The van der Waals surface area contributed by atoms with Crippen molar-refractivity contribution in [2.24, 2.45) is 0 Å². The molecule has 0 aliphatic heterocycles. The van der Waals surface area contributed by atoms with E-state index in [1.807, 2.05) is 38.4 Å². The van der Waals surface area contributed by atoms with Gasteiger partial charge in [-0.05, 0) is 44.4 Å². The summed E-state index contributed by atoms with van der Waals surface area (Å²) >= 11 is 0. The number of carbonyl (C=O) groups excluding carboxylic acids is 1. The molecule has 0 aromatic carbocycles. The molecule has 0 saturated heterocycles. The maximum absolute atomic E-state index is 12.6. The van der Waals surface area contributed by atoms with E-state index in [9.17, 15) is 9.18 Å². The van der Waals surface area contributed by atoms with Gasteiger partial charge in [0.15, 0.2) is 11.5 Å². The van der Waals surface area contributed by atoms with E-state index in [0.29, 0.717) is 35.9 Å². The molecule has 0 unspecified atom stereocenters. The van der Waals surface area contributed by atoms with Crippen LogP contribution in [0.5, 0.6) is 0 Å². The van der Waals surface area contributed by atoms with Gasteiger partial charge in [-0.25, -0.2) is 14.2 Å². The summed E-state index contributed by atoms with van der Waals surface area (Å²) in [5.74, 6) is 1.14. The molecule has 11 nitrogen and oxygen atoms in total. The predicted molar refractivity (Wildman–Crippen MR) is 126 cm³/mol. The molecule has 0 bridgehead atoms. The van der Waals surface area contributed by atoms with Crippen LogP contribution >= 0.6 is 0 Å². The third-order valence-corrected chi connectivity index (χ3v) is 6.09. The Bertz CT molecular complexity index is 1360. The number of aromatic nitrogens is 7. The number of anilines is 2. The van der Waals surface area contributed by atoms with Crippen LogP contribution in [0.3, 0.4) is 0 Å².